The van der Waals surface area contributed by atoms with Crippen LogP contribution in [0.3, 0.4) is 0 Å². The third-order valence-corrected chi connectivity index (χ3v) is 5.04. The summed E-state index contributed by atoms with van der Waals surface area (Å²) in [5.74, 6) is -3.15. The summed E-state index contributed by atoms with van der Waals surface area (Å²) in [4.78, 5) is 39.2. The number of carbonyl (C=O) groups excluding carboxylic acids is 3. The lowest BCUT2D eigenvalue weighted by atomic mass is 9.76. The Morgan fingerprint density at radius 2 is 1.73 bits per heavy atom. The van der Waals surface area contributed by atoms with Gasteiger partial charge in [-0.3, -0.25) is 19.3 Å². The summed E-state index contributed by atoms with van der Waals surface area (Å²) < 4.78 is 14.8. The number of hydrogen-bond acceptors (Lipinski definition) is 7. The molecule has 2 saturated heterocycles. The van der Waals surface area contributed by atoms with Crippen molar-refractivity contribution in [2.24, 2.45) is 11.8 Å². The van der Waals surface area contributed by atoms with Gasteiger partial charge >= 0.3 is 17.9 Å². The van der Waals surface area contributed by atoms with Crippen LogP contribution in [0.15, 0.2) is 0 Å². The molecule has 2 rings (SSSR count). The van der Waals surface area contributed by atoms with Crippen LogP contribution in [0.1, 0.15) is 26.2 Å². The molecule has 2 heterocycles. The molecule has 124 valence electrons. The average molecular weight is 313 g/mol. The van der Waals surface area contributed by atoms with Crippen LogP contribution in [0.2, 0.25) is 0 Å². The van der Waals surface area contributed by atoms with E-state index in [1.165, 1.54) is 21.3 Å². The Balaban J connectivity index is 2.59. The number of rotatable bonds is 4. The quantitative estimate of drug-likeness (QED) is 0.547. The van der Waals surface area contributed by atoms with E-state index >= 15 is 0 Å². The third-order valence-electron chi connectivity index (χ3n) is 5.04. The maximum atomic E-state index is 12.5. The lowest BCUT2D eigenvalue weighted by Crippen LogP contribution is -2.54. The van der Waals surface area contributed by atoms with Gasteiger partial charge in [0.15, 0.2) is 0 Å². The molecule has 0 N–H and O–H groups in total. The van der Waals surface area contributed by atoms with Crippen molar-refractivity contribution < 1.29 is 28.6 Å². The molecule has 0 aromatic rings. The van der Waals surface area contributed by atoms with Crippen molar-refractivity contribution in [3.05, 3.63) is 0 Å². The summed E-state index contributed by atoms with van der Waals surface area (Å²) in [6.45, 7) is 2.58. The van der Waals surface area contributed by atoms with Crippen molar-refractivity contribution in [2.45, 2.75) is 37.8 Å². The maximum Gasteiger partial charge on any atom is 0.327 e. The predicted molar refractivity (Wildman–Crippen MR) is 75.8 cm³/mol. The first-order valence-electron chi connectivity index (χ1n) is 7.50. The van der Waals surface area contributed by atoms with Crippen molar-refractivity contribution in [1.82, 2.24) is 4.90 Å². The van der Waals surface area contributed by atoms with Gasteiger partial charge in [-0.15, -0.1) is 0 Å². The van der Waals surface area contributed by atoms with Crippen LogP contribution in [0.5, 0.6) is 0 Å². The van der Waals surface area contributed by atoms with Gasteiger partial charge in [-0.2, -0.15) is 0 Å². The van der Waals surface area contributed by atoms with Gasteiger partial charge < -0.3 is 14.2 Å². The number of fused-ring (bicyclic) bond motifs is 1. The van der Waals surface area contributed by atoms with Crippen molar-refractivity contribution in [3.8, 4) is 0 Å². The first-order chi connectivity index (χ1) is 10.5. The maximum absolute atomic E-state index is 12.5. The molecule has 0 radical (unpaired) electrons. The van der Waals surface area contributed by atoms with Gasteiger partial charge in [0.2, 0.25) is 0 Å². The molecule has 2 aliphatic rings. The average Bonchev–Trinajstić information content (AvgIpc) is 3.08. The Morgan fingerprint density at radius 3 is 2.23 bits per heavy atom. The topological polar surface area (TPSA) is 82.1 Å². The normalized spacial score (nSPS) is 34.1. The van der Waals surface area contributed by atoms with Crippen molar-refractivity contribution in [2.75, 3.05) is 27.9 Å². The second kappa shape index (κ2) is 6.24. The SMILES string of the molecule is CC[C@H]1[C@@H](C(=O)OC)[C@H](C(=O)OC)[C@@]2(C(=O)OC)CCCN12. The summed E-state index contributed by atoms with van der Waals surface area (Å²) >= 11 is 0. The fourth-order valence-corrected chi connectivity index (χ4v) is 4.27. The molecule has 0 unspecified atom stereocenters. The van der Waals surface area contributed by atoms with Crippen LogP contribution in [-0.4, -0.2) is 62.3 Å². The summed E-state index contributed by atoms with van der Waals surface area (Å²) in [5.41, 5.74) is -1.12. The molecule has 0 spiro atoms. The van der Waals surface area contributed by atoms with Crippen molar-refractivity contribution in [3.63, 3.8) is 0 Å². The molecule has 7 nitrogen and oxygen atoms in total. The second-order valence-corrected chi connectivity index (χ2v) is 5.74. The number of ether oxygens (including phenoxy) is 3. The monoisotopic (exact) mass is 313 g/mol. The number of methoxy groups -OCH3 is 3. The number of esters is 3. The van der Waals surface area contributed by atoms with E-state index in [1.807, 2.05) is 11.8 Å². The Hall–Kier alpha value is -1.63. The molecular formula is C15H23NO6. The zero-order chi connectivity index (χ0) is 16.5. The zero-order valence-electron chi connectivity index (χ0n) is 13.5. The first kappa shape index (κ1) is 16.7. The summed E-state index contributed by atoms with van der Waals surface area (Å²) in [7, 11) is 3.85. The highest BCUT2D eigenvalue weighted by Gasteiger charge is 2.69. The van der Waals surface area contributed by atoms with E-state index in [1.54, 1.807) is 0 Å². The van der Waals surface area contributed by atoms with Crippen LogP contribution in [0, 0.1) is 11.8 Å². The Kier molecular flexibility index (Phi) is 4.75. The molecule has 2 fully saturated rings. The van der Waals surface area contributed by atoms with E-state index in [2.05, 4.69) is 0 Å². The van der Waals surface area contributed by atoms with Crippen LogP contribution in [-0.2, 0) is 28.6 Å². The van der Waals surface area contributed by atoms with Gasteiger partial charge in [0.05, 0.1) is 27.2 Å². The highest BCUT2D eigenvalue weighted by molar-refractivity contribution is 5.94. The molecular weight excluding hydrogens is 290 g/mol. The predicted octanol–water partition coefficient (Wildman–Crippen LogP) is 0.365. The first-order valence-corrected chi connectivity index (χ1v) is 7.50. The van der Waals surface area contributed by atoms with Crippen LogP contribution >= 0.6 is 0 Å². The fourth-order valence-electron chi connectivity index (χ4n) is 4.27. The van der Waals surface area contributed by atoms with E-state index in [0.717, 1.165) is 6.42 Å². The van der Waals surface area contributed by atoms with Gasteiger partial charge in [0, 0.05) is 6.04 Å². The van der Waals surface area contributed by atoms with Crippen molar-refractivity contribution in [1.29, 1.82) is 0 Å². The van der Waals surface area contributed by atoms with E-state index in [-0.39, 0.29) is 6.04 Å². The molecule has 0 aliphatic carbocycles. The molecule has 0 amide bonds. The molecule has 22 heavy (non-hydrogen) atoms. The zero-order valence-corrected chi connectivity index (χ0v) is 13.5. The van der Waals surface area contributed by atoms with E-state index < -0.39 is 35.3 Å². The van der Waals surface area contributed by atoms with Crippen LogP contribution < -0.4 is 0 Å². The summed E-state index contributed by atoms with van der Waals surface area (Å²) in [5, 5.41) is 0. The number of hydrogen-bond donors (Lipinski definition) is 0. The highest BCUT2D eigenvalue weighted by atomic mass is 16.5. The minimum absolute atomic E-state index is 0.238. The smallest absolute Gasteiger partial charge is 0.327 e. The number of carbonyl (C=O) groups is 3. The van der Waals surface area contributed by atoms with Gasteiger partial charge in [0.1, 0.15) is 11.5 Å². The molecule has 4 atom stereocenters. The standard InChI is InChI=1S/C15H23NO6/c1-5-9-10(12(17)20-2)11(13(18)21-3)15(14(19)22-4)7-6-8-16(9)15/h9-11H,5-8H2,1-4H3/t9-,10+,11+,15+/m0/s1. The van der Waals surface area contributed by atoms with E-state index in [4.69, 9.17) is 14.2 Å². The van der Waals surface area contributed by atoms with Crippen LogP contribution in [0.25, 0.3) is 0 Å². The minimum atomic E-state index is -1.12. The molecule has 0 saturated carbocycles. The second-order valence-electron chi connectivity index (χ2n) is 5.74. The third kappa shape index (κ3) is 2.10. The Bertz CT molecular complexity index is 479. The van der Waals surface area contributed by atoms with Crippen LogP contribution in [0.4, 0.5) is 0 Å². The number of nitrogens with zero attached hydrogens (tertiary/aromatic N) is 1. The molecule has 0 bridgehead atoms. The Labute approximate surface area is 129 Å². The molecule has 7 heteroatoms. The van der Waals surface area contributed by atoms with E-state index in [9.17, 15) is 14.4 Å². The Morgan fingerprint density at radius 1 is 1.09 bits per heavy atom. The fraction of sp³-hybridized carbons (Fsp3) is 0.800. The van der Waals surface area contributed by atoms with E-state index in [0.29, 0.717) is 19.4 Å². The minimum Gasteiger partial charge on any atom is -0.469 e. The highest BCUT2D eigenvalue weighted by Crippen LogP contribution is 2.51. The van der Waals surface area contributed by atoms with Gasteiger partial charge in [0.25, 0.3) is 0 Å². The van der Waals surface area contributed by atoms with Gasteiger partial charge in [-0.1, -0.05) is 6.92 Å². The summed E-state index contributed by atoms with van der Waals surface area (Å²) in [6.07, 6.45) is 1.88. The van der Waals surface area contributed by atoms with Gasteiger partial charge in [-0.05, 0) is 25.8 Å². The summed E-state index contributed by atoms with van der Waals surface area (Å²) in [6, 6.07) is -0.238. The largest absolute Gasteiger partial charge is 0.469 e. The van der Waals surface area contributed by atoms with Gasteiger partial charge in [-0.25, -0.2) is 0 Å². The molecule has 0 aromatic carbocycles. The van der Waals surface area contributed by atoms with Crippen molar-refractivity contribution >= 4 is 17.9 Å². The molecule has 0 aromatic heterocycles. The lowest BCUT2D eigenvalue weighted by Gasteiger charge is -2.34. The lowest BCUT2D eigenvalue weighted by molar-refractivity contribution is -0.166. The molecule has 2 aliphatic heterocycles.